The maximum atomic E-state index is 14.4. The van der Waals surface area contributed by atoms with Gasteiger partial charge in [0.1, 0.15) is 17.4 Å². The van der Waals surface area contributed by atoms with Crippen molar-refractivity contribution in [2.45, 2.75) is 95.0 Å². The van der Waals surface area contributed by atoms with Crippen molar-refractivity contribution in [3.8, 4) is 5.75 Å². The molecule has 2 aliphatic carbocycles. The molecule has 8 atom stereocenters. The molecule has 1 aromatic rings. The first-order valence-electron chi connectivity index (χ1n) is 14.8. The molecule has 6 rings (SSSR count). The summed E-state index contributed by atoms with van der Waals surface area (Å²) in [6.45, 7) is 4.44. The summed E-state index contributed by atoms with van der Waals surface area (Å²) in [7, 11) is 1.60. The van der Waals surface area contributed by atoms with Crippen LogP contribution in [-0.4, -0.2) is 59.6 Å². The number of nitrogens with zero attached hydrogens (tertiary/aromatic N) is 1. The molecule has 2 bridgehead atoms. The van der Waals surface area contributed by atoms with Crippen LogP contribution < -0.4 is 15.4 Å². The van der Waals surface area contributed by atoms with Gasteiger partial charge in [-0.15, -0.1) is 0 Å². The topological polar surface area (TPSA) is 97.0 Å². The number of hydrogen-bond acceptors (Lipinski definition) is 5. The lowest BCUT2D eigenvalue weighted by Gasteiger charge is -2.44. The number of methoxy groups -OCH3 is 1. The molecule has 0 aromatic heterocycles. The predicted octanol–water partition coefficient (Wildman–Crippen LogP) is 4.06. The third kappa shape index (κ3) is 4.35. The van der Waals surface area contributed by atoms with Crippen LogP contribution in [0.5, 0.6) is 5.75 Å². The molecule has 8 heteroatoms. The highest BCUT2D eigenvalue weighted by atomic mass is 16.5. The molecule has 210 valence electrons. The number of nitrogens with one attached hydrogen (secondary N) is 2. The van der Waals surface area contributed by atoms with Gasteiger partial charge in [-0.1, -0.05) is 58.1 Å². The molecule has 3 heterocycles. The van der Waals surface area contributed by atoms with Gasteiger partial charge in [0, 0.05) is 17.8 Å². The SMILES string of the molecule is COc1ccc(NC(=O)[C@H]2[C@H]3C=C[C@@]4(O3)[C@H]2C(=O)N([C@@H]2CCC[C@H](C)[C@@H]2C)[C@@H]4C(=O)NC2CCCCC2)cc1. The number of hydrogen-bond donors (Lipinski definition) is 2. The summed E-state index contributed by atoms with van der Waals surface area (Å²) in [4.78, 5) is 44.1. The minimum absolute atomic E-state index is 0.0512. The summed E-state index contributed by atoms with van der Waals surface area (Å²) in [5, 5.41) is 6.29. The lowest BCUT2D eigenvalue weighted by Crippen LogP contribution is -2.60. The lowest BCUT2D eigenvalue weighted by atomic mass is 9.74. The van der Waals surface area contributed by atoms with Crippen molar-refractivity contribution in [2.24, 2.45) is 23.7 Å². The zero-order valence-corrected chi connectivity index (χ0v) is 23.2. The number of carbonyl (C=O) groups is 3. The summed E-state index contributed by atoms with van der Waals surface area (Å²) < 4.78 is 11.8. The molecule has 3 aliphatic heterocycles. The van der Waals surface area contributed by atoms with Gasteiger partial charge in [0.2, 0.25) is 17.7 Å². The summed E-state index contributed by atoms with van der Waals surface area (Å²) in [6.07, 6.45) is 11.6. The first-order chi connectivity index (χ1) is 18.8. The highest BCUT2D eigenvalue weighted by molar-refractivity contribution is 6.03. The van der Waals surface area contributed by atoms with Crippen molar-refractivity contribution in [3.63, 3.8) is 0 Å². The molecule has 1 spiro atoms. The Morgan fingerprint density at radius 1 is 1.00 bits per heavy atom. The van der Waals surface area contributed by atoms with Crippen LogP contribution in [0.25, 0.3) is 0 Å². The van der Waals surface area contributed by atoms with Crippen LogP contribution in [-0.2, 0) is 19.1 Å². The standard InChI is InChI=1S/C31H41N3O5/c1-18-8-7-11-23(19(18)2)34-27(29(36)33-20-9-5-4-6-10-20)31-17-16-24(39-31)25(26(31)30(34)37)28(35)32-21-12-14-22(38-3)15-13-21/h12-20,23-27H,4-11H2,1-3H3,(H,32,35)(H,33,36)/t18-,19-,23+,24+,25-,26+,27+,31+/m0/s1. The van der Waals surface area contributed by atoms with Crippen LogP contribution in [0.2, 0.25) is 0 Å². The maximum Gasteiger partial charge on any atom is 0.246 e. The summed E-state index contributed by atoms with van der Waals surface area (Å²) in [5.74, 6) is -0.519. The van der Waals surface area contributed by atoms with Gasteiger partial charge in [-0.2, -0.15) is 0 Å². The molecule has 0 radical (unpaired) electrons. The van der Waals surface area contributed by atoms with E-state index in [0.717, 1.165) is 44.9 Å². The van der Waals surface area contributed by atoms with Gasteiger partial charge in [0.25, 0.3) is 0 Å². The number of ether oxygens (including phenoxy) is 2. The molecule has 2 saturated heterocycles. The van der Waals surface area contributed by atoms with E-state index in [9.17, 15) is 14.4 Å². The van der Waals surface area contributed by atoms with E-state index in [0.29, 0.717) is 17.4 Å². The summed E-state index contributed by atoms with van der Waals surface area (Å²) in [6, 6.07) is 6.44. The van der Waals surface area contributed by atoms with E-state index in [1.807, 2.05) is 17.1 Å². The van der Waals surface area contributed by atoms with Crippen molar-refractivity contribution in [3.05, 3.63) is 36.4 Å². The van der Waals surface area contributed by atoms with Gasteiger partial charge in [-0.05, 0) is 55.4 Å². The van der Waals surface area contributed by atoms with Crippen LogP contribution in [0.3, 0.4) is 0 Å². The van der Waals surface area contributed by atoms with E-state index in [-0.39, 0.29) is 35.7 Å². The molecule has 2 N–H and O–H groups in total. The van der Waals surface area contributed by atoms with Gasteiger partial charge in [0.05, 0.1) is 25.0 Å². The zero-order valence-electron chi connectivity index (χ0n) is 23.2. The minimum atomic E-state index is -1.12. The number of likely N-dealkylation sites (tertiary alicyclic amines) is 1. The molecule has 1 aromatic carbocycles. The van der Waals surface area contributed by atoms with Crippen molar-refractivity contribution in [2.75, 3.05) is 12.4 Å². The quantitative estimate of drug-likeness (QED) is 0.536. The molecular weight excluding hydrogens is 494 g/mol. The highest BCUT2D eigenvalue weighted by Crippen LogP contribution is 2.56. The van der Waals surface area contributed by atoms with Gasteiger partial charge >= 0.3 is 0 Å². The normalized spacial score (nSPS) is 37.6. The fourth-order valence-corrected chi connectivity index (χ4v) is 7.94. The van der Waals surface area contributed by atoms with E-state index in [4.69, 9.17) is 9.47 Å². The molecule has 3 amide bonds. The minimum Gasteiger partial charge on any atom is -0.497 e. The van der Waals surface area contributed by atoms with Gasteiger partial charge < -0.3 is 25.0 Å². The largest absolute Gasteiger partial charge is 0.497 e. The molecule has 39 heavy (non-hydrogen) atoms. The predicted molar refractivity (Wildman–Crippen MR) is 147 cm³/mol. The third-order valence-corrected chi connectivity index (χ3v) is 10.2. The Bertz CT molecular complexity index is 1150. The molecule has 2 saturated carbocycles. The van der Waals surface area contributed by atoms with E-state index >= 15 is 0 Å². The Balaban J connectivity index is 1.32. The van der Waals surface area contributed by atoms with E-state index in [1.165, 1.54) is 6.42 Å². The molecule has 4 fully saturated rings. The Kier molecular flexibility index (Phi) is 6.94. The Morgan fingerprint density at radius 2 is 1.74 bits per heavy atom. The number of rotatable bonds is 6. The van der Waals surface area contributed by atoms with Crippen LogP contribution in [0, 0.1) is 23.7 Å². The first kappa shape index (κ1) is 26.4. The van der Waals surface area contributed by atoms with E-state index in [2.05, 4.69) is 24.5 Å². The molecule has 8 nitrogen and oxygen atoms in total. The second kappa shape index (κ2) is 10.3. The second-order valence-corrected chi connectivity index (χ2v) is 12.3. The smallest absolute Gasteiger partial charge is 0.246 e. The van der Waals surface area contributed by atoms with Crippen LogP contribution >= 0.6 is 0 Å². The van der Waals surface area contributed by atoms with Crippen LogP contribution in [0.15, 0.2) is 36.4 Å². The Morgan fingerprint density at radius 3 is 2.46 bits per heavy atom. The molecular formula is C31H41N3O5. The van der Waals surface area contributed by atoms with Crippen molar-refractivity contribution in [1.82, 2.24) is 10.2 Å². The third-order valence-electron chi connectivity index (χ3n) is 10.2. The van der Waals surface area contributed by atoms with E-state index in [1.54, 1.807) is 31.4 Å². The fourth-order valence-electron chi connectivity index (χ4n) is 7.94. The summed E-state index contributed by atoms with van der Waals surface area (Å²) >= 11 is 0. The monoisotopic (exact) mass is 535 g/mol. The number of benzene rings is 1. The second-order valence-electron chi connectivity index (χ2n) is 12.3. The lowest BCUT2D eigenvalue weighted by molar-refractivity contribution is -0.146. The molecule has 5 aliphatic rings. The number of anilines is 1. The maximum absolute atomic E-state index is 14.4. The average Bonchev–Trinajstić information content (AvgIpc) is 3.58. The van der Waals surface area contributed by atoms with Gasteiger partial charge in [-0.3, -0.25) is 14.4 Å². The van der Waals surface area contributed by atoms with Gasteiger partial charge in [-0.25, -0.2) is 0 Å². The zero-order chi connectivity index (χ0) is 27.3. The van der Waals surface area contributed by atoms with Crippen molar-refractivity contribution in [1.29, 1.82) is 0 Å². The Labute approximate surface area is 230 Å². The van der Waals surface area contributed by atoms with Crippen molar-refractivity contribution >= 4 is 23.4 Å². The average molecular weight is 536 g/mol. The van der Waals surface area contributed by atoms with Crippen LogP contribution in [0.1, 0.15) is 65.2 Å². The first-order valence-corrected chi connectivity index (χ1v) is 14.8. The van der Waals surface area contributed by atoms with Crippen molar-refractivity contribution < 1.29 is 23.9 Å². The number of amides is 3. The molecule has 0 unspecified atom stereocenters. The van der Waals surface area contributed by atoms with Gasteiger partial charge in [0.15, 0.2) is 0 Å². The fraction of sp³-hybridized carbons (Fsp3) is 0.645. The Hall–Kier alpha value is -2.87. The van der Waals surface area contributed by atoms with Crippen LogP contribution in [0.4, 0.5) is 5.69 Å². The highest BCUT2D eigenvalue weighted by Gasteiger charge is 2.73. The van der Waals surface area contributed by atoms with E-state index < -0.39 is 29.6 Å². The number of fused-ring (bicyclic) bond motifs is 1. The summed E-state index contributed by atoms with van der Waals surface area (Å²) in [5.41, 5.74) is -0.492. The number of carbonyl (C=O) groups excluding carboxylic acids is 3.